The van der Waals surface area contributed by atoms with Crippen LogP contribution in [0.25, 0.3) is 0 Å². The fourth-order valence-corrected chi connectivity index (χ4v) is 1.55. The quantitative estimate of drug-likeness (QED) is 0.848. The number of nitrogens with one attached hydrogen (secondary N) is 1. The molecule has 0 atom stereocenters. The molecule has 0 saturated heterocycles. The van der Waals surface area contributed by atoms with Gasteiger partial charge >= 0.3 is 5.97 Å². The number of hydrogen-bond acceptors (Lipinski definition) is 4. The van der Waals surface area contributed by atoms with Gasteiger partial charge in [-0.15, -0.1) is 0 Å². The number of aromatic nitrogens is 1. The monoisotopic (exact) mass is 246 g/mol. The number of oxazole rings is 1. The van der Waals surface area contributed by atoms with Gasteiger partial charge in [-0.05, 0) is 24.1 Å². The zero-order chi connectivity index (χ0) is 13.0. The van der Waals surface area contributed by atoms with Gasteiger partial charge in [0.05, 0.1) is 12.1 Å². The molecule has 5 nitrogen and oxygen atoms in total. The Hall–Kier alpha value is -2.30. The highest BCUT2D eigenvalue weighted by atomic mass is 16.4. The molecule has 0 saturated carbocycles. The molecule has 0 radical (unpaired) electrons. The van der Waals surface area contributed by atoms with Gasteiger partial charge in [-0.25, -0.2) is 0 Å². The van der Waals surface area contributed by atoms with Crippen molar-refractivity contribution in [3.05, 3.63) is 41.8 Å². The maximum atomic E-state index is 10.5. The zero-order valence-corrected chi connectivity index (χ0v) is 10.0. The summed E-state index contributed by atoms with van der Waals surface area (Å²) in [5.41, 5.74) is 2.51. The number of aliphatic carboxylic acids is 1. The summed E-state index contributed by atoms with van der Waals surface area (Å²) in [7, 11) is 0. The van der Waals surface area contributed by atoms with Gasteiger partial charge in [-0.2, -0.15) is 4.98 Å². The second-order valence-electron chi connectivity index (χ2n) is 3.89. The van der Waals surface area contributed by atoms with E-state index in [0.717, 1.165) is 12.1 Å². The van der Waals surface area contributed by atoms with Crippen molar-refractivity contribution in [2.75, 3.05) is 5.32 Å². The standard InChI is InChI=1S/C13H14N2O3/c1-2-9-3-5-10(6-4-9)14-13-15-11(8-18-13)7-12(16)17/h3-6,8H,2,7H2,1H3,(H,14,15)(H,16,17). The van der Waals surface area contributed by atoms with Crippen molar-refractivity contribution in [3.63, 3.8) is 0 Å². The zero-order valence-electron chi connectivity index (χ0n) is 10.0. The molecule has 1 aromatic carbocycles. The number of carbonyl (C=O) groups is 1. The number of carboxylic acid groups (broad SMARTS) is 1. The largest absolute Gasteiger partial charge is 0.481 e. The highest BCUT2D eigenvalue weighted by Crippen LogP contribution is 2.17. The Kier molecular flexibility index (Phi) is 3.62. The molecule has 0 bridgehead atoms. The van der Waals surface area contributed by atoms with E-state index in [1.165, 1.54) is 11.8 Å². The molecule has 2 rings (SSSR count). The predicted molar refractivity (Wildman–Crippen MR) is 66.9 cm³/mol. The summed E-state index contributed by atoms with van der Waals surface area (Å²) in [6.07, 6.45) is 2.19. The molecular formula is C13H14N2O3. The van der Waals surface area contributed by atoms with Gasteiger partial charge in [0.15, 0.2) is 0 Å². The van der Waals surface area contributed by atoms with Gasteiger partial charge in [-0.3, -0.25) is 4.79 Å². The van der Waals surface area contributed by atoms with Crippen LogP contribution in [0.4, 0.5) is 11.7 Å². The van der Waals surface area contributed by atoms with E-state index in [1.54, 1.807) is 0 Å². The molecule has 2 aromatic rings. The fraction of sp³-hybridized carbons (Fsp3) is 0.231. The number of aryl methyl sites for hydroxylation is 1. The van der Waals surface area contributed by atoms with Crippen molar-refractivity contribution in [2.24, 2.45) is 0 Å². The molecule has 0 aliphatic heterocycles. The highest BCUT2D eigenvalue weighted by Gasteiger charge is 2.07. The predicted octanol–water partition coefficient (Wildman–Crippen LogP) is 2.61. The third-order valence-corrected chi connectivity index (χ3v) is 2.50. The van der Waals surface area contributed by atoms with Gasteiger partial charge in [0.1, 0.15) is 6.26 Å². The molecule has 0 spiro atoms. The molecule has 1 aromatic heterocycles. The normalized spacial score (nSPS) is 10.3. The number of hydrogen-bond donors (Lipinski definition) is 2. The maximum absolute atomic E-state index is 10.5. The first-order chi connectivity index (χ1) is 8.67. The number of rotatable bonds is 5. The van der Waals surface area contributed by atoms with Crippen LogP contribution in [-0.2, 0) is 17.6 Å². The Morgan fingerprint density at radius 1 is 1.39 bits per heavy atom. The number of carboxylic acids is 1. The third-order valence-electron chi connectivity index (χ3n) is 2.50. The number of benzene rings is 1. The summed E-state index contributed by atoms with van der Waals surface area (Å²) in [5, 5.41) is 11.6. The Morgan fingerprint density at radius 3 is 2.72 bits per heavy atom. The smallest absolute Gasteiger partial charge is 0.309 e. The van der Waals surface area contributed by atoms with E-state index in [4.69, 9.17) is 9.52 Å². The van der Waals surface area contributed by atoms with Gasteiger partial charge in [0, 0.05) is 5.69 Å². The van der Waals surface area contributed by atoms with Gasteiger partial charge in [0.25, 0.3) is 6.01 Å². The first-order valence-corrected chi connectivity index (χ1v) is 5.69. The summed E-state index contributed by atoms with van der Waals surface area (Å²) in [5.74, 6) is -0.929. The van der Waals surface area contributed by atoms with Gasteiger partial charge in [0.2, 0.25) is 0 Å². The molecule has 5 heteroatoms. The van der Waals surface area contributed by atoms with E-state index in [2.05, 4.69) is 17.2 Å². The second kappa shape index (κ2) is 5.35. The van der Waals surface area contributed by atoms with E-state index in [9.17, 15) is 4.79 Å². The topological polar surface area (TPSA) is 75.4 Å². The summed E-state index contributed by atoms with van der Waals surface area (Å²) in [4.78, 5) is 14.5. The summed E-state index contributed by atoms with van der Waals surface area (Å²) < 4.78 is 5.14. The highest BCUT2D eigenvalue weighted by molar-refractivity contribution is 5.69. The van der Waals surface area contributed by atoms with Crippen LogP contribution >= 0.6 is 0 Å². The van der Waals surface area contributed by atoms with E-state index in [0.29, 0.717) is 11.7 Å². The second-order valence-corrected chi connectivity index (χ2v) is 3.89. The summed E-state index contributed by atoms with van der Waals surface area (Å²) >= 11 is 0. The van der Waals surface area contributed by atoms with Crippen molar-refractivity contribution >= 4 is 17.7 Å². The number of anilines is 2. The van der Waals surface area contributed by atoms with Crippen LogP contribution < -0.4 is 5.32 Å². The Bertz CT molecular complexity index is 531. The Morgan fingerprint density at radius 2 is 2.11 bits per heavy atom. The average Bonchev–Trinajstić information content (AvgIpc) is 2.76. The van der Waals surface area contributed by atoms with E-state index < -0.39 is 5.97 Å². The van der Waals surface area contributed by atoms with E-state index in [-0.39, 0.29) is 6.42 Å². The SMILES string of the molecule is CCc1ccc(Nc2nc(CC(=O)O)co2)cc1. The lowest BCUT2D eigenvalue weighted by Gasteiger charge is -2.02. The lowest BCUT2D eigenvalue weighted by atomic mass is 10.1. The van der Waals surface area contributed by atoms with Crippen LogP contribution in [-0.4, -0.2) is 16.1 Å². The minimum atomic E-state index is -0.929. The molecule has 0 amide bonds. The molecule has 0 aliphatic carbocycles. The summed E-state index contributed by atoms with van der Waals surface area (Å²) in [6, 6.07) is 8.20. The van der Waals surface area contributed by atoms with Crippen molar-refractivity contribution in [1.29, 1.82) is 0 Å². The summed E-state index contributed by atoms with van der Waals surface area (Å²) in [6.45, 7) is 2.09. The molecule has 0 fully saturated rings. The maximum Gasteiger partial charge on any atom is 0.309 e. The van der Waals surface area contributed by atoms with Crippen LogP contribution in [0.5, 0.6) is 0 Å². The van der Waals surface area contributed by atoms with Crippen LogP contribution in [0.15, 0.2) is 34.9 Å². The molecule has 18 heavy (non-hydrogen) atoms. The van der Waals surface area contributed by atoms with Gasteiger partial charge < -0.3 is 14.8 Å². The minimum Gasteiger partial charge on any atom is -0.481 e. The van der Waals surface area contributed by atoms with Crippen LogP contribution in [0, 0.1) is 0 Å². The first-order valence-electron chi connectivity index (χ1n) is 5.69. The molecule has 1 heterocycles. The third kappa shape index (κ3) is 3.10. The molecule has 0 aliphatic rings. The number of nitrogens with zero attached hydrogens (tertiary/aromatic N) is 1. The molecular weight excluding hydrogens is 232 g/mol. The molecule has 2 N–H and O–H groups in total. The van der Waals surface area contributed by atoms with Crippen molar-refractivity contribution in [3.8, 4) is 0 Å². The van der Waals surface area contributed by atoms with Crippen LogP contribution in [0.2, 0.25) is 0 Å². The Labute approximate surface area is 104 Å². The van der Waals surface area contributed by atoms with Crippen molar-refractivity contribution < 1.29 is 14.3 Å². The lowest BCUT2D eigenvalue weighted by molar-refractivity contribution is -0.136. The Balaban J connectivity index is 2.03. The van der Waals surface area contributed by atoms with Crippen LogP contribution in [0.3, 0.4) is 0 Å². The molecule has 0 unspecified atom stereocenters. The van der Waals surface area contributed by atoms with E-state index in [1.807, 2.05) is 24.3 Å². The minimum absolute atomic E-state index is 0.139. The van der Waals surface area contributed by atoms with Crippen molar-refractivity contribution in [1.82, 2.24) is 4.98 Å². The van der Waals surface area contributed by atoms with Crippen LogP contribution in [0.1, 0.15) is 18.2 Å². The molecule has 94 valence electrons. The first kappa shape index (κ1) is 12.2. The van der Waals surface area contributed by atoms with Gasteiger partial charge in [-0.1, -0.05) is 19.1 Å². The van der Waals surface area contributed by atoms with E-state index >= 15 is 0 Å². The fourth-order valence-electron chi connectivity index (χ4n) is 1.55. The van der Waals surface area contributed by atoms with Crippen molar-refractivity contribution in [2.45, 2.75) is 19.8 Å². The average molecular weight is 246 g/mol. The lowest BCUT2D eigenvalue weighted by Crippen LogP contribution is -2.00.